The van der Waals surface area contributed by atoms with E-state index < -0.39 is 0 Å². The van der Waals surface area contributed by atoms with Crippen molar-refractivity contribution in [3.05, 3.63) is 72.9 Å². The number of unbranched alkanes of at least 4 members (excludes halogenated alkanes) is 15. The molecule has 0 N–H and O–H groups in total. The highest BCUT2D eigenvalue weighted by Gasteiger charge is 2.26. The van der Waals surface area contributed by atoms with E-state index in [9.17, 15) is 0 Å². The van der Waals surface area contributed by atoms with Crippen LogP contribution >= 0.6 is 0 Å². The maximum absolute atomic E-state index is 4.72. The topological polar surface area (TPSA) is 3.24 Å². The summed E-state index contributed by atoms with van der Waals surface area (Å²) in [5.74, 6) is 1.62. The lowest BCUT2D eigenvalue weighted by Gasteiger charge is -2.35. The Morgan fingerprint density at radius 1 is 0.571 bits per heavy atom. The molecule has 49 heavy (non-hydrogen) atoms. The molecule has 0 aromatic carbocycles. The molecule has 0 aromatic heterocycles. The zero-order valence-electron chi connectivity index (χ0n) is 33.7. The summed E-state index contributed by atoms with van der Waals surface area (Å²) in [6.45, 7) is 9.19. The van der Waals surface area contributed by atoms with Gasteiger partial charge in [-0.15, -0.1) is 0 Å². The van der Waals surface area contributed by atoms with Crippen LogP contribution in [0.3, 0.4) is 0 Å². The van der Waals surface area contributed by atoms with Gasteiger partial charge >= 0.3 is 0 Å². The lowest BCUT2D eigenvalue weighted by atomic mass is 9.77. The van der Waals surface area contributed by atoms with E-state index in [1.54, 1.807) is 5.57 Å². The van der Waals surface area contributed by atoms with Gasteiger partial charge in [-0.25, -0.2) is 0 Å². The molecule has 1 nitrogen and oxygen atoms in total. The van der Waals surface area contributed by atoms with E-state index in [0.29, 0.717) is 0 Å². The zero-order chi connectivity index (χ0) is 35.5. The average molecular weight is 676 g/mol. The fraction of sp³-hybridized carbons (Fsp3) is 0.750. The third kappa shape index (κ3) is 28.8. The second kappa shape index (κ2) is 34.8. The molecule has 1 rings (SSSR count). The van der Waals surface area contributed by atoms with Gasteiger partial charge in [-0.1, -0.05) is 183 Å². The van der Waals surface area contributed by atoms with Crippen LogP contribution < -0.4 is 0 Å². The van der Waals surface area contributed by atoms with Gasteiger partial charge in [-0.3, -0.25) is 0 Å². The Kier molecular flexibility index (Phi) is 32.3. The highest BCUT2D eigenvalue weighted by atomic mass is 15.1. The van der Waals surface area contributed by atoms with E-state index in [1.165, 1.54) is 161 Å². The lowest BCUT2D eigenvalue weighted by molar-refractivity contribution is 0.196. The Morgan fingerprint density at radius 2 is 1.02 bits per heavy atom. The van der Waals surface area contributed by atoms with E-state index >= 15 is 0 Å². The van der Waals surface area contributed by atoms with Gasteiger partial charge in [-0.05, 0) is 116 Å². The quantitative estimate of drug-likeness (QED) is 0.0494. The summed E-state index contributed by atoms with van der Waals surface area (Å²) in [4.78, 5) is 2.46. The summed E-state index contributed by atoms with van der Waals surface area (Å²) in [6.07, 6.45) is 62.0. The molecule has 0 aromatic rings. The van der Waals surface area contributed by atoms with Gasteiger partial charge in [0.1, 0.15) is 0 Å². The molecule has 282 valence electrons. The van der Waals surface area contributed by atoms with Crippen LogP contribution in [0.15, 0.2) is 72.9 Å². The van der Waals surface area contributed by atoms with Gasteiger partial charge in [0, 0.05) is 6.04 Å². The van der Waals surface area contributed by atoms with Gasteiger partial charge in [0.15, 0.2) is 0 Å². The van der Waals surface area contributed by atoms with E-state index in [1.807, 2.05) is 0 Å². The maximum Gasteiger partial charge on any atom is 0.00948 e. The van der Waals surface area contributed by atoms with Crippen LogP contribution in [0.2, 0.25) is 0 Å². The number of allylic oxidation sites excluding steroid dienone is 11. The lowest BCUT2D eigenvalue weighted by Crippen LogP contribution is -2.33. The Hall–Kier alpha value is -1.60. The minimum atomic E-state index is 0.756. The molecule has 1 heteroatoms. The number of hydrogen-bond acceptors (Lipinski definition) is 1. The summed E-state index contributed by atoms with van der Waals surface area (Å²) < 4.78 is 0. The molecule has 1 saturated carbocycles. The molecular weight excluding hydrogens is 591 g/mol. The first-order valence-corrected chi connectivity index (χ1v) is 21.7. The maximum atomic E-state index is 4.72. The monoisotopic (exact) mass is 676 g/mol. The molecule has 0 amide bonds. The van der Waals surface area contributed by atoms with Crippen LogP contribution in [-0.2, 0) is 0 Å². The molecule has 0 aliphatic heterocycles. The van der Waals surface area contributed by atoms with Crippen molar-refractivity contribution in [2.75, 3.05) is 14.1 Å². The van der Waals surface area contributed by atoms with Crippen molar-refractivity contribution >= 4 is 0 Å². The van der Waals surface area contributed by atoms with Crippen molar-refractivity contribution in [3.8, 4) is 0 Å². The molecule has 1 aliphatic carbocycles. The third-order valence-electron chi connectivity index (χ3n) is 10.8. The second-order valence-electron chi connectivity index (χ2n) is 15.6. The minimum absolute atomic E-state index is 0.756. The van der Waals surface area contributed by atoms with Crippen molar-refractivity contribution in [1.82, 2.24) is 4.90 Å². The van der Waals surface area contributed by atoms with E-state index in [0.717, 1.165) is 43.6 Å². The predicted octanol–water partition coefficient (Wildman–Crippen LogP) is 15.9. The molecular formula is C48H85N. The van der Waals surface area contributed by atoms with Crippen molar-refractivity contribution in [2.45, 2.75) is 206 Å². The summed E-state index contributed by atoms with van der Waals surface area (Å²) >= 11 is 0. The number of nitrogens with zero attached hydrogens (tertiary/aromatic N) is 1. The Labute approximate surface area is 309 Å². The summed E-state index contributed by atoms with van der Waals surface area (Å²) in [7, 11) is 4.54. The number of hydrogen-bond donors (Lipinski definition) is 0. The summed E-state index contributed by atoms with van der Waals surface area (Å²) in [5.41, 5.74) is 1.59. The first-order chi connectivity index (χ1) is 24.1. The fourth-order valence-corrected chi connectivity index (χ4v) is 7.54. The van der Waals surface area contributed by atoms with E-state index in [2.05, 4.69) is 93.6 Å². The number of rotatable bonds is 33. The van der Waals surface area contributed by atoms with Crippen LogP contribution in [0, 0.1) is 11.8 Å². The SMILES string of the molecule is C=C(CC(CCCCCCCC/C=C\C/C=C\C/C=C\CC)CCCCCCCC/C=C\C/C=C\CCCCC)C1CCCC(N(C)C)C1. The van der Waals surface area contributed by atoms with Crippen LogP contribution in [0.1, 0.15) is 200 Å². The van der Waals surface area contributed by atoms with Crippen LogP contribution in [0.4, 0.5) is 0 Å². The van der Waals surface area contributed by atoms with Gasteiger partial charge in [-0.2, -0.15) is 0 Å². The first kappa shape index (κ1) is 45.4. The zero-order valence-corrected chi connectivity index (χ0v) is 33.7. The normalized spacial score (nSPS) is 18.1. The van der Waals surface area contributed by atoms with E-state index in [4.69, 9.17) is 6.58 Å². The van der Waals surface area contributed by atoms with Crippen molar-refractivity contribution in [2.24, 2.45) is 11.8 Å². The van der Waals surface area contributed by atoms with Gasteiger partial charge < -0.3 is 4.90 Å². The Balaban J connectivity index is 2.26. The third-order valence-corrected chi connectivity index (χ3v) is 10.8. The van der Waals surface area contributed by atoms with Crippen molar-refractivity contribution < 1.29 is 0 Å². The van der Waals surface area contributed by atoms with Gasteiger partial charge in [0.2, 0.25) is 0 Å². The van der Waals surface area contributed by atoms with Crippen LogP contribution in [0.5, 0.6) is 0 Å². The van der Waals surface area contributed by atoms with Crippen molar-refractivity contribution in [3.63, 3.8) is 0 Å². The van der Waals surface area contributed by atoms with Crippen molar-refractivity contribution in [1.29, 1.82) is 0 Å². The average Bonchev–Trinajstić information content (AvgIpc) is 3.11. The molecule has 0 saturated heterocycles. The van der Waals surface area contributed by atoms with Gasteiger partial charge in [0.05, 0.1) is 0 Å². The summed E-state index contributed by atoms with van der Waals surface area (Å²) in [6, 6.07) is 0.756. The largest absolute Gasteiger partial charge is 0.306 e. The Bertz CT molecular complexity index is 870. The summed E-state index contributed by atoms with van der Waals surface area (Å²) in [5, 5.41) is 0. The van der Waals surface area contributed by atoms with E-state index in [-0.39, 0.29) is 0 Å². The second-order valence-corrected chi connectivity index (χ2v) is 15.6. The Morgan fingerprint density at radius 3 is 1.51 bits per heavy atom. The molecule has 1 aliphatic rings. The predicted molar refractivity (Wildman–Crippen MR) is 225 cm³/mol. The molecule has 3 unspecified atom stereocenters. The molecule has 0 heterocycles. The fourth-order valence-electron chi connectivity index (χ4n) is 7.54. The molecule has 0 radical (unpaired) electrons. The smallest absolute Gasteiger partial charge is 0.00948 e. The molecule has 3 atom stereocenters. The highest BCUT2D eigenvalue weighted by molar-refractivity contribution is 5.05. The molecule has 0 bridgehead atoms. The first-order valence-electron chi connectivity index (χ1n) is 21.7. The van der Waals surface area contributed by atoms with Crippen LogP contribution in [-0.4, -0.2) is 25.0 Å². The standard InChI is InChI=1S/C48H85N/c1-6-8-10-12-14-16-18-20-22-24-26-28-30-32-34-36-39-46(43-45(3)47-41-38-42-48(44-47)49(4)5)40-37-35-33-31-29-27-25-23-21-19-17-15-13-11-9-7-2/h8,10,14-17,20-23,46-48H,3,6-7,9,11-13,18-19,24-44H2,1-2,4-5H3/b10-8-,16-14-,17-15-,22-20-,23-21-. The minimum Gasteiger partial charge on any atom is -0.306 e. The molecule has 0 spiro atoms. The highest BCUT2D eigenvalue weighted by Crippen LogP contribution is 2.36. The van der Waals surface area contributed by atoms with Gasteiger partial charge in [0.25, 0.3) is 0 Å². The van der Waals surface area contributed by atoms with Crippen LogP contribution in [0.25, 0.3) is 0 Å². The molecule has 1 fully saturated rings.